The topological polar surface area (TPSA) is 55.2 Å². The Bertz CT molecular complexity index is 475. The maximum absolute atomic E-state index is 10.8. The molecule has 0 bridgehead atoms. The SMILES string of the molecule is CC(NC1CCCC(C)C1C)c1cccc([N+](=O)[O-])c1. The van der Waals surface area contributed by atoms with Crippen LogP contribution in [-0.4, -0.2) is 11.0 Å². The second kappa shape index (κ2) is 6.35. The molecular formula is C16H24N2O2. The molecule has 1 N–H and O–H groups in total. The van der Waals surface area contributed by atoms with Crippen molar-refractivity contribution in [3.8, 4) is 0 Å². The highest BCUT2D eigenvalue weighted by molar-refractivity contribution is 5.35. The van der Waals surface area contributed by atoms with Gasteiger partial charge in [-0.05, 0) is 30.7 Å². The third-order valence-corrected chi connectivity index (χ3v) is 4.75. The Morgan fingerprint density at radius 2 is 2.10 bits per heavy atom. The monoisotopic (exact) mass is 276 g/mol. The number of nitrogens with one attached hydrogen (secondary N) is 1. The second-order valence-corrected chi connectivity index (χ2v) is 6.11. The van der Waals surface area contributed by atoms with Crippen LogP contribution in [0.4, 0.5) is 5.69 Å². The molecule has 4 heteroatoms. The van der Waals surface area contributed by atoms with Crippen molar-refractivity contribution < 1.29 is 4.92 Å². The average molecular weight is 276 g/mol. The summed E-state index contributed by atoms with van der Waals surface area (Å²) in [5.41, 5.74) is 1.16. The summed E-state index contributed by atoms with van der Waals surface area (Å²) in [7, 11) is 0. The Morgan fingerprint density at radius 3 is 2.80 bits per heavy atom. The lowest BCUT2D eigenvalue weighted by molar-refractivity contribution is -0.384. The van der Waals surface area contributed by atoms with Gasteiger partial charge in [0.05, 0.1) is 4.92 Å². The van der Waals surface area contributed by atoms with Crippen LogP contribution in [0.5, 0.6) is 0 Å². The van der Waals surface area contributed by atoms with Gasteiger partial charge in [-0.15, -0.1) is 0 Å². The van der Waals surface area contributed by atoms with Gasteiger partial charge in [0.2, 0.25) is 0 Å². The Labute approximate surface area is 120 Å². The van der Waals surface area contributed by atoms with Crippen molar-refractivity contribution in [2.45, 2.75) is 52.1 Å². The van der Waals surface area contributed by atoms with Crippen LogP contribution in [0.15, 0.2) is 24.3 Å². The number of hydrogen-bond acceptors (Lipinski definition) is 3. The number of nitro groups is 1. The molecule has 0 spiro atoms. The minimum atomic E-state index is -0.332. The number of benzene rings is 1. The first-order chi connectivity index (χ1) is 9.49. The van der Waals surface area contributed by atoms with Gasteiger partial charge < -0.3 is 5.32 Å². The third-order valence-electron chi connectivity index (χ3n) is 4.75. The highest BCUT2D eigenvalue weighted by atomic mass is 16.6. The predicted octanol–water partition coefficient (Wildman–Crippen LogP) is 4.07. The molecule has 1 fully saturated rings. The number of rotatable bonds is 4. The molecule has 20 heavy (non-hydrogen) atoms. The smallest absolute Gasteiger partial charge is 0.269 e. The van der Waals surface area contributed by atoms with Crippen molar-refractivity contribution >= 4 is 5.69 Å². The first-order valence-electron chi connectivity index (χ1n) is 7.49. The maximum Gasteiger partial charge on any atom is 0.269 e. The molecule has 1 aromatic rings. The predicted molar refractivity (Wildman–Crippen MR) is 80.6 cm³/mol. The zero-order chi connectivity index (χ0) is 14.7. The fraction of sp³-hybridized carbons (Fsp3) is 0.625. The van der Waals surface area contributed by atoms with E-state index in [-0.39, 0.29) is 16.7 Å². The van der Waals surface area contributed by atoms with Gasteiger partial charge in [0, 0.05) is 24.2 Å². The van der Waals surface area contributed by atoms with Crippen LogP contribution in [0.25, 0.3) is 0 Å². The van der Waals surface area contributed by atoms with E-state index in [0.29, 0.717) is 12.0 Å². The molecule has 0 aliphatic heterocycles. The van der Waals surface area contributed by atoms with Crippen LogP contribution in [0.1, 0.15) is 51.6 Å². The van der Waals surface area contributed by atoms with Crippen LogP contribution in [0.3, 0.4) is 0 Å². The van der Waals surface area contributed by atoms with Gasteiger partial charge in [-0.3, -0.25) is 10.1 Å². The van der Waals surface area contributed by atoms with Crippen LogP contribution in [-0.2, 0) is 0 Å². The molecule has 4 nitrogen and oxygen atoms in total. The zero-order valence-electron chi connectivity index (χ0n) is 12.5. The lowest BCUT2D eigenvalue weighted by atomic mass is 9.77. The summed E-state index contributed by atoms with van der Waals surface area (Å²) in [6, 6.07) is 7.59. The molecule has 0 amide bonds. The molecule has 0 aromatic heterocycles. The van der Waals surface area contributed by atoms with Crippen molar-refractivity contribution in [2.75, 3.05) is 0 Å². The summed E-state index contributed by atoms with van der Waals surface area (Å²) < 4.78 is 0. The van der Waals surface area contributed by atoms with E-state index < -0.39 is 0 Å². The van der Waals surface area contributed by atoms with Crippen molar-refractivity contribution in [1.29, 1.82) is 0 Å². The number of non-ortho nitro benzene ring substituents is 1. The third kappa shape index (κ3) is 3.37. The van der Waals surface area contributed by atoms with Crippen molar-refractivity contribution in [3.63, 3.8) is 0 Å². The summed E-state index contributed by atoms with van der Waals surface area (Å²) in [6.45, 7) is 6.71. The van der Waals surface area contributed by atoms with Gasteiger partial charge >= 0.3 is 0 Å². The molecular weight excluding hydrogens is 252 g/mol. The Hall–Kier alpha value is -1.42. The van der Waals surface area contributed by atoms with E-state index in [9.17, 15) is 10.1 Å². The zero-order valence-corrected chi connectivity index (χ0v) is 12.5. The first kappa shape index (κ1) is 15.0. The van der Waals surface area contributed by atoms with Crippen molar-refractivity contribution in [1.82, 2.24) is 5.32 Å². The van der Waals surface area contributed by atoms with E-state index in [0.717, 1.165) is 11.5 Å². The highest BCUT2D eigenvalue weighted by Gasteiger charge is 2.28. The normalized spacial score (nSPS) is 28.1. The lowest BCUT2D eigenvalue weighted by Crippen LogP contribution is -2.41. The van der Waals surface area contributed by atoms with Crippen LogP contribution >= 0.6 is 0 Å². The summed E-state index contributed by atoms with van der Waals surface area (Å²) >= 11 is 0. The fourth-order valence-electron chi connectivity index (χ4n) is 3.14. The van der Waals surface area contributed by atoms with Crippen LogP contribution in [0.2, 0.25) is 0 Å². The van der Waals surface area contributed by atoms with Gasteiger partial charge in [0.1, 0.15) is 0 Å². The Morgan fingerprint density at radius 1 is 1.35 bits per heavy atom. The molecule has 0 heterocycles. The molecule has 2 rings (SSSR count). The van der Waals surface area contributed by atoms with Gasteiger partial charge in [0.25, 0.3) is 5.69 Å². The number of nitro benzene ring substituents is 1. The first-order valence-corrected chi connectivity index (χ1v) is 7.49. The van der Waals surface area contributed by atoms with Crippen molar-refractivity contribution in [2.24, 2.45) is 11.8 Å². The summed E-state index contributed by atoms with van der Waals surface area (Å²) in [4.78, 5) is 10.5. The maximum atomic E-state index is 10.8. The van der Waals surface area contributed by atoms with Gasteiger partial charge in [-0.2, -0.15) is 0 Å². The molecule has 0 radical (unpaired) electrons. The van der Waals surface area contributed by atoms with Crippen LogP contribution < -0.4 is 5.32 Å². The minimum Gasteiger partial charge on any atom is -0.307 e. The highest BCUT2D eigenvalue weighted by Crippen LogP contribution is 2.31. The van der Waals surface area contributed by atoms with E-state index in [1.807, 2.05) is 6.07 Å². The largest absolute Gasteiger partial charge is 0.307 e. The van der Waals surface area contributed by atoms with Crippen molar-refractivity contribution in [3.05, 3.63) is 39.9 Å². The lowest BCUT2D eigenvalue weighted by Gasteiger charge is -2.36. The molecule has 1 aliphatic rings. The number of nitrogens with zero attached hydrogens (tertiary/aromatic N) is 1. The summed E-state index contributed by atoms with van der Waals surface area (Å²) in [5, 5.41) is 14.5. The van der Waals surface area contributed by atoms with Gasteiger partial charge in [-0.1, -0.05) is 38.8 Å². The molecule has 1 aromatic carbocycles. The second-order valence-electron chi connectivity index (χ2n) is 6.11. The molecule has 1 aliphatic carbocycles. The van der Waals surface area contributed by atoms with E-state index in [4.69, 9.17) is 0 Å². The molecule has 1 saturated carbocycles. The molecule has 4 atom stereocenters. The molecule has 4 unspecified atom stereocenters. The fourth-order valence-corrected chi connectivity index (χ4v) is 3.14. The Kier molecular flexibility index (Phi) is 4.76. The minimum absolute atomic E-state index is 0.146. The standard InChI is InChI=1S/C16H24N2O2/c1-11-6-4-9-16(12(11)2)17-13(3)14-7-5-8-15(10-14)18(19)20/h5,7-8,10-13,16-17H,4,6,9H2,1-3H3. The van der Waals surface area contributed by atoms with E-state index in [1.165, 1.54) is 19.3 Å². The quantitative estimate of drug-likeness (QED) is 0.666. The van der Waals surface area contributed by atoms with E-state index >= 15 is 0 Å². The van der Waals surface area contributed by atoms with E-state index in [1.54, 1.807) is 18.2 Å². The molecule has 110 valence electrons. The van der Waals surface area contributed by atoms with Gasteiger partial charge in [0.15, 0.2) is 0 Å². The Balaban J connectivity index is 2.06. The molecule has 0 saturated heterocycles. The van der Waals surface area contributed by atoms with Gasteiger partial charge in [-0.25, -0.2) is 0 Å². The summed E-state index contributed by atoms with van der Waals surface area (Å²) in [6.07, 6.45) is 3.78. The number of hydrogen-bond donors (Lipinski definition) is 1. The van der Waals surface area contributed by atoms with Crippen LogP contribution in [0, 0.1) is 22.0 Å². The average Bonchev–Trinajstić information content (AvgIpc) is 2.44. The van der Waals surface area contributed by atoms with E-state index in [2.05, 4.69) is 26.1 Å². The summed E-state index contributed by atoms with van der Waals surface area (Å²) in [5.74, 6) is 1.41.